The van der Waals surface area contributed by atoms with E-state index in [1.54, 1.807) is 20.2 Å². The van der Waals surface area contributed by atoms with Crippen LogP contribution >= 0.6 is 0 Å². The molecule has 0 bridgehead atoms. The van der Waals surface area contributed by atoms with Crippen LogP contribution < -0.4 is 16.0 Å². The first-order valence-corrected chi connectivity index (χ1v) is 10.6. The number of H-pyrrole nitrogens is 1. The molecule has 3 N–H and O–H groups in total. The summed E-state index contributed by atoms with van der Waals surface area (Å²) in [5.41, 5.74) is -1.20. The smallest absolute Gasteiger partial charge is 0.330 e. The van der Waals surface area contributed by atoms with E-state index in [0.717, 1.165) is 22.1 Å². The number of aliphatic hydroxyl groups excluding tert-OH is 2. The summed E-state index contributed by atoms with van der Waals surface area (Å²) in [5, 5.41) is 31.4. The molecule has 1 fully saturated rings. The Morgan fingerprint density at radius 3 is 2.85 bits per heavy atom. The zero-order valence-corrected chi connectivity index (χ0v) is 18.5. The average Bonchev–Trinajstić information content (AvgIpc) is 3.46. The number of aryl methyl sites for hydroxylation is 1. The number of hydrogen-bond donors (Lipinski definition) is 3. The SMILES string of the molecule is COc1ccc2c(-c3cn([C@]4(CO)O[C@@H](n5cc(C)c(=O)[nH]c5=O)C[C@@H]4O)nn3)cccc2c1. The number of aliphatic hydroxyl groups is 2. The van der Waals surface area contributed by atoms with Crippen molar-refractivity contribution < 1.29 is 19.7 Å². The lowest BCUT2D eigenvalue weighted by atomic mass is 10.0. The van der Waals surface area contributed by atoms with Crippen molar-refractivity contribution in [1.29, 1.82) is 0 Å². The highest BCUT2D eigenvalue weighted by Gasteiger charge is 2.51. The van der Waals surface area contributed by atoms with E-state index in [4.69, 9.17) is 9.47 Å². The molecular weight excluding hydrogens is 442 g/mol. The molecule has 11 nitrogen and oxygen atoms in total. The van der Waals surface area contributed by atoms with E-state index in [1.807, 2.05) is 36.4 Å². The van der Waals surface area contributed by atoms with Gasteiger partial charge in [0.2, 0.25) is 5.72 Å². The fourth-order valence-corrected chi connectivity index (χ4v) is 4.31. The molecule has 0 unspecified atom stereocenters. The van der Waals surface area contributed by atoms with Crippen LogP contribution in [0.5, 0.6) is 5.75 Å². The van der Waals surface area contributed by atoms with Crippen LogP contribution in [-0.2, 0) is 10.5 Å². The van der Waals surface area contributed by atoms with Gasteiger partial charge in [0.05, 0.1) is 19.9 Å². The molecule has 3 atom stereocenters. The number of nitrogens with zero attached hydrogens (tertiary/aromatic N) is 4. The van der Waals surface area contributed by atoms with Crippen LogP contribution in [0.3, 0.4) is 0 Å². The maximum Gasteiger partial charge on any atom is 0.330 e. The van der Waals surface area contributed by atoms with Crippen LogP contribution in [0, 0.1) is 6.92 Å². The predicted octanol–water partition coefficient (Wildman–Crippen LogP) is 0.890. The first-order valence-electron chi connectivity index (χ1n) is 10.6. The van der Waals surface area contributed by atoms with Crippen LogP contribution in [0.1, 0.15) is 18.2 Å². The van der Waals surface area contributed by atoms with E-state index in [0.29, 0.717) is 11.3 Å². The van der Waals surface area contributed by atoms with Crippen molar-refractivity contribution >= 4 is 10.8 Å². The van der Waals surface area contributed by atoms with E-state index in [1.165, 1.54) is 15.4 Å². The van der Waals surface area contributed by atoms with E-state index >= 15 is 0 Å². The zero-order valence-electron chi connectivity index (χ0n) is 18.5. The van der Waals surface area contributed by atoms with Gasteiger partial charge in [0, 0.05) is 23.7 Å². The second-order valence-corrected chi connectivity index (χ2v) is 8.25. The van der Waals surface area contributed by atoms with Gasteiger partial charge in [0.25, 0.3) is 5.56 Å². The highest BCUT2D eigenvalue weighted by Crippen LogP contribution is 2.40. The van der Waals surface area contributed by atoms with E-state index in [9.17, 15) is 19.8 Å². The quantitative estimate of drug-likeness (QED) is 0.394. The molecule has 1 saturated heterocycles. The molecule has 11 heteroatoms. The Kier molecular flexibility index (Phi) is 5.31. The third kappa shape index (κ3) is 3.41. The van der Waals surface area contributed by atoms with Gasteiger partial charge in [-0.1, -0.05) is 29.5 Å². The number of benzene rings is 2. The monoisotopic (exact) mass is 465 g/mol. The Balaban J connectivity index is 1.53. The summed E-state index contributed by atoms with van der Waals surface area (Å²) >= 11 is 0. The molecule has 0 radical (unpaired) electrons. The number of methoxy groups -OCH3 is 1. The minimum atomic E-state index is -1.66. The van der Waals surface area contributed by atoms with Crippen molar-refractivity contribution in [1.82, 2.24) is 24.5 Å². The number of aromatic nitrogens is 5. The van der Waals surface area contributed by atoms with Gasteiger partial charge < -0.3 is 19.7 Å². The van der Waals surface area contributed by atoms with Crippen molar-refractivity contribution in [3.8, 4) is 17.0 Å². The second-order valence-electron chi connectivity index (χ2n) is 8.25. The largest absolute Gasteiger partial charge is 0.497 e. The molecular formula is C23H23N5O6. The van der Waals surface area contributed by atoms with E-state index < -0.39 is 35.9 Å². The Bertz CT molecular complexity index is 1490. The Hall–Kier alpha value is -3.80. The second kappa shape index (κ2) is 8.20. The molecule has 2 aromatic carbocycles. The standard InChI is InChI=1S/C23H23N5O6/c1-13-10-27(22(32)24-21(13)31)20-9-19(30)23(12-29,34-20)28-11-18(25-26-28)17-5-3-4-14-8-15(33-2)6-7-16(14)17/h3-8,10-11,19-20,29-30H,9,12H2,1-2H3,(H,24,31,32)/t19-,20+,23+/m0/s1. The minimum Gasteiger partial charge on any atom is -0.497 e. The van der Waals surface area contributed by atoms with Gasteiger partial charge in [-0.25, -0.2) is 9.48 Å². The minimum absolute atomic E-state index is 0.00476. The Morgan fingerprint density at radius 1 is 1.26 bits per heavy atom. The van der Waals surface area contributed by atoms with E-state index in [-0.39, 0.29) is 6.42 Å². The topological polar surface area (TPSA) is 144 Å². The lowest BCUT2D eigenvalue weighted by Gasteiger charge is -2.29. The summed E-state index contributed by atoms with van der Waals surface area (Å²) in [6.45, 7) is 0.945. The Morgan fingerprint density at radius 2 is 2.09 bits per heavy atom. The number of aromatic amines is 1. The summed E-state index contributed by atoms with van der Waals surface area (Å²) in [5.74, 6) is 0.730. The maximum atomic E-state index is 12.3. The number of fused-ring (bicyclic) bond motifs is 1. The molecule has 0 spiro atoms. The molecule has 1 aliphatic heterocycles. The van der Waals surface area contributed by atoms with Crippen LogP contribution in [0.15, 0.2) is 58.4 Å². The first-order chi connectivity index (χ1) is 16.4. The fraction of sp³-hybridized carbons (Fsp3) is 0.304. The van der Waals surface area contributed by atoms with Gasteiger partial charge in [0.15, 0.2) is 0 Å². The van der Waals surface area contributed by atoms with Gasteiger partial charge in [-0.05, 0) is 29.8 Å². The van der Waals surface area contributed by atoms with E-state index in [2.05, 4.69) is 15.3 Å². The molecule has 3 heterocycles. The average molecular weight is 465 g/mol. The van der Waals surface area contributed by atoms with Crippen LogP contribution in [0.4, 0.5) is 0 Å². The van der Waals surface area contributed by atoms with Gasteiger partial charge in [0.1, 0.15) is 23.8 Å². The zero-order chi connectivity index (χ0) is 24.0. The number of nitrogens with one attached hydrogen (secondary N) is 1. The highest BCUT2D eigenvalue weighted by molar-refractivity contribution is 5.96. The normalized spacial score (nSPS) is 22.4. The third-order valence-electron chi connectivity index (χ3n) is 6.21. The number of hydrogen-bond acceptors (Lipinski definition) is 8. The lowest BCUT2D eigenvalue weighted by molar-refractivity contribution is -0.187. The van der Waals surface area contributed by atoms with Crippen LogP contribution in [0.25, 0.3) is 22.0 Å². The van der Waals surface area contributed by atoms with Crippen LogP contribution in [0.2, 0.25) is 0 Å². The van der Waals surface area contributed by atoms with Crippen molar-refractivity contribution in [3.05, 3.63) is 75.2 Å². The molecule has 1 aliphatic rings. The third-order valence-corrected chi connectivity index (χ3v) is 6.21. The van der Waals surface area contributed by atoms with Gasteiger partial charge in [-0.3, -0.25) is 14.3 Å². The van der Waals surface area contributed by atoms with Crippen molar-refractivity contribution in [3.63, 3.8) is 0 Å². The molecule has 2 aromatic heterocycles. The summed E-state index contributed by atoms with van der Waals surface area (Å²) in [6, 6.07) is 11.4. The van der Waals surface area contributed by atoms with Crippen molar-refractivity contribution in [2.24, 2.45) is 0 Å². The fourth-order valence-electron chi connectivity index (χ4n) is 4.31. The van der Waals surface area contributed by atoms with Gasteiger partial charge >= 0.3 is 5.69 Å². The summed E-state index contributed by atoms with van der Waals surface area (Å²) < 4.78 is 13.8. The van der Waals surface area contributed by atoms with Crippen molar-refractivity contribution in [2.45, 2.75) is 31.4 Å². The molecule has 5 rings (SSSR count). The predicted molar refractivity (Wildman–Crippen MR) is 121 cm³/mol. The molecule has 0 amide bonds. The molecule has 0 saturated carbocycles. The lowest BCUT2D eigenvalue weighted by Crippen LogP contribution is -2.46. The molecule has 176 valence electrons. The number of ether oxygens (including phenoxy) is 2. The first kappa shape index (κ1) is 22.0. The summed E-state index contributed by atoms with van der Waals surface area (Å²) in [4.78, 5) is 26.3. The highest BCUT2D eigenvalue weighted by atomic mass is 16.6. The van der Waals surface area contributed by atoms with Crippen LogP contribution in [-0.4, -0.2) is 54.6 Å². The molecule has 34 heavy (non-hydrogen) atoms. The molecule has 4 aromatic rings. The Labute approximate surface area is 192 Å². The van der Waals surface area contributed by atoms with Gasteiger partial charge in [-0.2, -0.15) is 0 Å². The molecule has 0 aliphatic carbocycles. The summed E-state index contributed by atoms with van der Waals surface area (Å²) in [7, 11) is 1.60. The van der Waals surface area contributed by atoms with Crippen molar-refractivity contribution in [2.75, 3.05) is 13.7 Å². The van der Waals surface area contributed by atoms with Gasteiger partial charge in [-0.15, -0.1) is 5.10 Å². The maximum absolute atomic E-state index is 12.3. The summed E-state index contributed by atoms with van der Waals surface area (Å²) in [6.07, 6.45) is 0.816. The number of rotatable bonds is 5.